The van der Waals surface area contributed by atoms with Crippen LogP contribution in [0.5, 0.6) is 0 Å². The third-order valence-corrected chi connectivity index (χ3v) is 4.00. The summed E-state index contributed by atoms with van der Waals surface area (Å²) in [6, 6.07) is 19.2. The lowest BCUT2D eigenvalue weighted by atomic mass is 9.94. The normalized spacial score (nSPS) is 12.7. The molecule has 0 saturated heterocycles. The fourth-order valence-corrected chi connectivity index (χ4v) is 2.28. The van der Waals surface area contributed by atoms with Crippen molar-refractivity contribution in [2.75, 3.05) is 6.61 Å². The summed E-state index contributed by atoms with van der Waals surface area (Å²) >= 11 is 0. The molecule has 2 aromatic carbocycles. The fourth-order valence-electron chi connectivity index (χ4n) is 2.28. The smallest absolute Gasteiger partial charge is 0.145 e. The Hall–Kier alpha value is -1.90. The molecule has 21 heavy (non-hydrogen) atoms. The van der Waals surface area contributed by atoms with Crippen LogP contribution in [0.3, 0.4) is 0 Å². The average Bonchev–Trinajstić information content (AvgIpc) is 3.10. The fraction of sp³-hybridized carbons (Fsp3) is 0.158. The summed E-state index contributed by atoms with van der Waals surface area (Å²) in [5, 5.41) is 0. The third kappa shape index (κ3) is 4.28. The standard InChI is InChI=1S/C17H14.C2H8OSi/c1-2-8-14(9-3-1)16-12-6-7-13-17(16)15-10-4-5-11-15;1-2-3-4/h1-10,12-13H,11H2;2H2,1,4H3. The van der Waals surface area contributed by atoms with Crippen LogP contribution in [0.15, 0.2) is 72.8 Å². The van der Waals surface area contributed by atoms with Crippen LogP contribution in [0.1, 0.15) is 18.9 Å². The largest absolute Gasteiger partial charge is 0.428 e. The molecule has 3 rings (SSSR count). The maximum absolute atomic E-state index is 4.68. The first-order valence-electron chi connectivity index (χ1n) is 7.36. The van der Waals surface area contributed by atoms with E-state index in [0.29, 0.717) is 0 Å². The van der Waals surface area contributed by atoms with E-state index in [4.69, 9.17) is 0 Å². The van der Waals surface area contributed by atoms with E-state index >= 15 is 0 Å². The second-order valence-corrected chi connectivity index (χ2v) is 5.39. The highest BCUT2D eigenvalue weighted by atomic mass is 28.2. The Bertz CT molecular complexity index is 612. The van der Waals surface area contributed by atoms with E-state index < -0.39 is 0 Å². The van der Waals surface area contributed by atoms with E-state index in [2.05, 4.69) is 77.3 Å². The highest BCUT2D eigenvalue weighted by Crippen LogP contribution is 2.32. The summed E-state index contributed by atoms with van der Waals surface area (Å²) in [4.78, 5) is 0. The Morgan fingerprint density at radius 1 is 0.952 bits per heavy atom. The van der Waals surface area contributed by atoms with Gasteiger partial charge in [-0.1, -0.05) is 72.8 Å². The average molecular weight is 294 g/mol. The predicted molar refractivity (Wildman–Crippen MR) is 95.2 cm³/mol. The molecular weight excluding hydrogens is 272 g/mol. The van der Waals surface area contributed by atoms with Crippen LogP contribution in [-0.2, 0) is 4.43 Å². The molecule has 0 heterocycles. The molecule has 0 aliphatic heterocycles. The van der Waals surface area contributed by atoms with Crippen molar-refractivity contribution in [2.24, 2.45) is 0 Å². The van der Waals surface area contributed by atoms with Crippen molar-refractivity contribution in [3.8, 4) is 11.1 Å². The highest BCUT2D eigenvalue weighted by molar-refractivity contribution is 5.97. The number of benzene rings is 2. The summed E-state index contributed by atoms with van der Waals surface area (Å²) in [7, 11) is 0.890. The summed E-state index contributed by atoms with van der Waals surface area (Å²) in [6.45, 7) is 2.87. The van der Waals surface area contributed by atoms with Crippen molar-refractivity contribution in [3.63, 3.8) is 0 Å². The van der Waals surface area contributed by atoms with Crippen LogP contribution in [0, 0.1) is 0 Å². The van der Waals surface area contributed by atoms with Gasteiger partial charge in [0.2, 0.25) is 0 Å². The quantitative estimate of drug-likeness (QED) is 0.778. The van der Waals surface area contributed by atoms with Gasteiger partial charge in [-0.15, -0.1) is 0 Å². The van der Waals surface area contributed by atoms with Crippen LogP contribution in [0.2, 0.25) is 0 Å². The first-order valence-corrected chi connectivity index (χ1v) is 8.18. The van der Waals surface area contributed by atoms with Crippen molar-refractivity contribution < 1.29 is 4.43 Å². The van der Waals surface area contributed by atoms with Crippen LogP contribution in [-0.4, -0.2) is 17.1 Å². The molecule has 0 atom stereocenters. The van der Waals surface area contributed by atoms with E-state index in [1.807, 2.05) is 6.92 Å². The Morgan fingerprint density at radius 2 is 1.57 bits per heavy atom. The summed E-state index contributed by atoms with van der Waals surface area (Å²) in [5.74, 6) is 0. The first-order chi connectivity index (χ1) is 10.4. The molecule has 2 aromatic rings. The van der Waals surface area contributed by atoms with Gasteiger partial charge in [-0.3, -0.25) is 0 Å². The van der Waals surface area contributed by atoms with Gasteiger partial charge in [0, 0.05) is 6.61 Å². The summed E-state index contributed by atoms with van der Waals surface area (Å²) < 4.78 is 4.68. The zero-order valence-electron chi connectivity index (χ0n) is 12.8. The SMILES string of the molecule is C1=CCC(c2ccccc2-c2ccccc2)=C1.CCO[SiH3]. The van der Waals surface area contributed by atoms with Crippen LogP contribution in [0.4, 0.5) is 0 Å². The monoisotopic (exact) mass is 294 g/mol. The molecule has 1 aliphatic carbocycles. The summed E-state index contributed by atoms with van der Waals surface area (Å²) in [6.07, 6.45) is 7.60. The molecule has 0 spiro atoms. The Morgan fingerprint density at radius 3 is 2.14 bits per heavy atom. The van der Waals surface area contributed by atoms with Gasteiger partial charge in [0.1, 0.15) is 10.5 Å². The minimum atomic E-state index is 0.881. The Kier molecular flexibility index (Phi) is 6.19. The minimum absolute atomic E-state index is 0.881. The molecule has 0 fully saturated rings. The number of rotatable bonds is 3. The van der Waals surface area contributed by atoms with Gasteiger partial charge in [0.25, 0.3) is 0 Å². The number of hydrogen-bond acceptors (Lipinski definition) is 1. The van der Waals surface area contributed by atoms with Gasteiger partial charge < -0.3 is 4.43 Å². The van der Waals surface area contributed by atoms with Crippen molar-refractivity contribution in [1.82, 2.24) is 0 Å². The Balaban J connectivity index is 0.000000361. The maximum atomic E-state index is 4.68. The highest BCUT2D eigenvalue weighted by Gasteiger charge is 2.09. The predicted octanol–water partition coefficient (Wildman–Crippen LogP) is 4.00. The van der Waals surface area contributed by atoms with Crippen molar-refractivity contribution >= 4 is 16.1 Å². The van der Waals surface area contributed by atoms with Gasteiger partial charge in [0.05, 0.1) is 0 Å². The molecule has 0 unspecified atom stereocenters. The molecule has 0 saturated carbocycles. The number of allylic oxidation sites excluding steroid dienone is 4. The van der Waals surface area contributed by atoms with E-state index in [1.165, 1.54) is 22.3 Å². The molecule has 0 N–H and O–H groups in total. The molecular formula is C19H22OSi. The molecule has 108 valence electrons. The number of hydrogen-bond donors (Lipinski definition) is 0. The first kappa shape index (κ1) is 15.5. The van der Waals surface area contributed by atoms with E-state index in [-0.39, 0.29) is 0 Å². The zero-order chi connectivity index (χ0) is 14.9. The molecule has 0 aromatic heterocycles. The lowest BCUT2D eigenvalue weighted by Crippen LogP contribution is -1.87. The van der Waals surface area contributed by atoms with Crippen molar-refractivity contribution in [3.05, 3.63) is 78.4 Å². The van der Waals surface area contributed by atoms with E-state index in [9.17, 15) is 0 Å². The van der Waals surface area contributed by atoms with E-state index in [1.54, 1.807) is 0 Å². The molecule has 0 bridgehead atoms. The van der Waals surface area contributed by atoms with Crippen LogP contribution in [0.25, 0.3) is 16.7 Å². The van der Waals surface area contributed by atoms with Crippen molar-refractivity contribution in [2.45, 2.75) is 13.3 Å². The second-order valence-electron chi connectivity index (χ2n) is 4.81. The lowest BCUT2D eigenvalue weighted by molar-refractivity contribution is 0.375. The van der Waals surface area contributed by atoms with E-state index in [0.717, 1.165) is 23.5 Å². The van der Waals surface area contributed by atoms with Gasteiger partial charge in [-0.05, 0) is 35.6 Å². The third-order valence-electron chi connectivity index (χ3n) is 3.42. The molecule has 0 radical (unpaired) electrons. The molecule has 1 nitrogen and oxygen atoms in total. The maximum Gasteiger partial charge on any atom is 0.145 e. The second kappa shape index (κ2) is 8.40. The van der Waals surface area contributed by atoms with Crippen molar-refractivity contribution in [1.29, 1.82) is 0 Å². The van der Waals surface area contributed by atoms with Gasteiger partial charge in [-0.2, -0.15) is 0 Å². The Labute approximate surface area is 130 Å². The molecule has 2 heteroatoms. The zero-order valence-corrected chi connectivity index (χ0v) is 14.8. The lowest BCUT2D eigenvalue weighted by Gasteiger charge is -2.10. The summed E-state index contributed by atoms with van der Waals surface area (Å²) in [5.41, 5.74) is 5.37. The minimum Gasteiger partial charge on any atom is -0.428 e. The van der Waals surface area contributed by atoms with Gasteiger partial charge in [0.15, 0.2) is 0 Å². The van der Waals surface area contributed by atoms with Gasteiger partial charge in [-0.25, -0.2) is 0 Å². The van der Waals surface area contributed by atoms with Gasteiger partial charge >= 0.3 is 0 Å². The van der Waals surface area contributed by atoms with Crippen LogP contribution < -0.4 is 0 Å². The topological polar surface area (TPSA) is 9.23 Å². The molecule has 0 amide bonds. The molecule has 1 aliphatic rings. The van der Waals surface area contributed by atoms with Crippen LogP contribution >= 0.6 is 0 Å².